The Morgan fingerprint density at radius 2 is 1.74 bits per heavy atom. The van der Waals surface area contributed by atoms with E-state index in [-0.39, 0.29) is 11.9 Å². The Bertz CT molecular complexity index is 346. The van der Waals surface area contributed by atoms with Gasteiger partial charge in [0.25, 0.3) is 0 Å². The van der Waals surface area contributed by atoms with Crippen molar-refractivity contribution in [3.63, 3.8) is 0 Å². The van der Waals surface area contributed by atoms with Gasteiger partial charge in [-0.25, -0.2) is 0 Å². The Labute approximate surface area is 117 Å². The molecule has 1 aromatic carbocycles. The van der Waals surface area contributed by atoms with Crippen molar-refractivity contribution in [2.75, 3.05) is 6.61 Å². The molecule has 0 heterocycles. The molecule has 0 fully saturated rings. The van der Waals surface area contributed by atoms with Gasteiger partial charge in [0.15, 0.2) is 5.78 Å². The summed E-state index contributed by atoms with van der Waals surface area (Å²) in [6.07, 6.45) is 6.52. The molecule has 0 aliphatic heterocycles. The predicted molar refractivity (Wildman–Crippen MR) is 79.6 cm³/mol. The molecule has 1 unspecified atom stereocenters. The van der Waals surface area contributed by atoms with E-state index >= 15 is 0 Å². The van der Waals surface area contributed by atoms with E-state index in [1.165, 1.54) is 25.7 Å². The second kappa shape index (κ2) is 9.74. The number of hydrogen-bond donors (Lipinski definition) is 0. The van der Waals surface area contributed by atoms with Crippen LogP contribution in [0.2, 0.25) is 0 Å². The Hall–Kier alpha value is -1.15. The van der Waals surface area contributed by atoms with Crippen molar-refractivity contribution in [3.8, 4) is 0 Å². The number of ketones is 1. The topological polar surface area (TPSA) is 26.3 Å². The third-order valence-electron chi connectivity index (χ3n) is 3.29. The van der Waals surface area contributed by atoms with Gasteiger partial charge in [-0.3, -0.25) is 4.79 Å². The molecule has 0 aliphatic rings. The number of hydrogen-bond acceptors (Lipinski definition) is 2. The number of rotatable bonds is 10. The first-order valence-electron chi connectivity index (χ1n) is 7.50. The highest BCUT2D eigenvalue weighted by Gasteiger charge is 2.18. The van der Waals surface area contributed by atoms with E-state index in [2.05, 4.69) is 6.92 Å². The maximum atomic E-state index is 12.2. The number of Topliss-reactive ketones (excluding diaryl/α,β-unsaturated/α-hetero) is 1. The molecule has 1 rings (SSSR count). The second-order valence-corrected chi connectivity index (χ2v) is 4.91. The van der Waals surface area contributed by atoms with Crippen LogP contribution in [0, 0.1) is 0 Å². The van der Waals surface area contributed by atoms with Crippen LogP contribution in [0.1, 0.15) is 62.7 Å². The molecule has 1 atom stereocenters. The van der Waals surface area contributed by atoms with Gasteiger partial charge in [0, 0.05) is 12.2 Å². The molecule has 0 aromatic heterocycles. The summed E-state index contributed by atoms with van der Waals surface area (Å²) in [7, 11) is 0. The first kappa shape index (κ1) is 15.9. The number of ether oxygens (including phenoxy) is 1. The monoisotopic (exact) mass is 262 g/mol. The summed E-state index contributed by atoms with van der Waals surface area (Å²) in [4.78, 5) is 12.2. The van der Waals surface area contributed by atoms with Crippen molar-refractivity contribution in [2.24, 2.45) is 0 Å². The summed E-state index contributed by atoms with van der Waals surface area (Å²) in [6.45, 7) is 4.91. The minimum atomic E-state index is -0.284. The van der Waals surface area contributed by atoms with E-state index in [1.54, 1.807) is 0 Å². The molecule has 0 bridgehead atoms. The van der Waals surface area contributed by atoms with Gasteiger partial charge in [-0.05, 0) is 12.8 Å². The van der Waals surface area contributed by atoms with Crippen molar-refractivity contribution < 1.29 is 9.53 Å². The summed E-state index contributed by atoms with van der Waals surface area (Å²) in [6, 6.07) is 9.42. The Morgan fingerprint density at radius 1 is 1.05 bits per heavy atom. The average Bonchev–Trinajstić information content (AvgIpc) is 2.47. The van der Waals surface area contributed by atoms with Crippen molar-refractivity contribution in [1.29, 1.82) is 0 Å². The standard InChI is InChI=1S/C17H26O2/c1-3-5-6-7-11-14-19-16(4-2)17(18)15-12-9-8-10-13-15/h8-10,12-13,16H,3-7,11,14H2,1-2H3. The lowest BCUT2D eigenvalue weighted by atomic mass is 10.0. The summed E-state index contributed by atoms with van der Waals surface area (Å²) in [5.41, 5.74) is 0.750. The van der Waals surface area contributed by atoms with E-state index in [1.807, 2.05) is 37.3 Å². The molecule has 19 heavy (non-hydrogen) atoms. The summed E-state index contributed by atoms with van der Waals surface area (Å²) >= 11 is 0. The highest BCUT2D eigenvalue weighted by Crippen LogP contribution is 2.11. The smallest absolute Gasteiger partial charge is 0.191 e. The molecule has 2 heteroatoms. The molecular formula is C17H26O2. The van der Waals surface area contributed by atoms with E-state index in [9.17, 15) is 4.79 Å². The van der Waals surface area contributed by atoms with Crippen LogP contribution in [0.4, 0.5) is 0 Å². The number of unbranched alkanes of at least 4 members (excludes halogenated alkanes) is 4. The van der Waals surface area contributed by atoms with Crippen molar-refractivity contribution >= 4 is 5.78 Å². The quantitative estimate of drug-likeness (QED) is 0.454. The number of carbonyl (C=O) groups excluding carboxylic acids is 1. The molecule has 0 radical (unpaired) electrons. The van der Waals surface area contributed by atoms with Crippen LogP contribution in [0.5, 0.6) is 0 Å². The van der Waals surface area contributed by atoms with Gasteiger partial charge in [0.1, 0.15) is 6.10 Å². The normalized spacial score (nSPS) is 12.3. The molecule has 0 spiro atoms. The first-order valence-corrected chi connectivity index (χ1v) is 7.50. The summed E-state index contributed by atoms with van der Waals surface area (Å²) in [5, 5.41) is 0. The molecule has 2 nitrogen and oxygen atoms in total. The minimum Gasteiger partial charge on any atom is -0.370 e. The largest absolute Gasteiger partial charge is 0.370 e. The Balaban J connectivity index is 2.31. The Morgan fingerprint density at radius 3 is 2.37 bits per heavy atom. The lowest BCUT2D eigenvalue weighted by Crippen LogP contribution is -2.24. The van der Waals surface area contributed by atoms with Crippen LogP contribution in [0.3, 0.4) is 0 Å². The molecule has 0 amide bonds. The molecule has 0 saturated heterocycles. The van der Waals surface area contributed by atoms with Crippen LogP contribution in [0.15, 0.2) is 30.3 Å². The molecule has 1 aromatic rings. The zero-order chi connectivity index (χ0) is 13.9. The van der Waals surface area contributed by atoms with Crippen molar-refractivity contribution in [3.05, 3.63) is 35.9 Å². The predicted octanol–water partition coefficient (Wildman–Crippen LogP) is 4.63. The van der Waals surface area contributed by atoms with Gasteiger partial charge in [0.2, 0.25) is 0 Å². The van der Waals surface area contributed by atoms with Gasteiger partial charge in [0.05, 0.1) is 0 Å². The second-order valence-electron chi connectivity index (χ2n) is 4.91. The lowest BCUT2D eigenvalue weighted by Gasteiger charge is -2.15. The van der Waals surface area contributed by atoms with Crippen LogP contribution >= 0.6 is 0 Å². The van der Waals surface area contributed by atoms with Crippen LogP contribution < -0.4 is 0 Å². The summed E-state index contributed by atoms with van der Waals surface area (Å²) < 4.78 is 5.74. The van der Waals surface area contributed by atoms with Crippen molar-refractivity contribution in [1.82, 2.24) is 0 Å². The Kier molecular flexibility index (Phi) is 8.15. The third kappa shape index (κ3) is 6.02. The molecule has 106 valence electrons. The third-order valence-corrected chi connectivity index (χ3v) is 3.29. The average molecular weight is 262 g/mol. The van der Waals surface area contributed by atoms with Gasteiger partial charge in [-0.2, -0.15) is 0 Å². The van der Waals surface area contributed by atoms with Gasteiger partial charge >= 0.3 is 0 Å². The zero-order valence-corrected chi connectivity index (χ0v) is 12.2. The van der Waals surface area contributed by atoms with E-state index in [0.717, 1.165) is 18.4 Å². The fourth-order valence-corrected chi connectivity index (χ4v) is 2.10. The summed E-state index contributed by atoms with van der Waals surface area (Å²) in [5.74, 6) is 0.108. The van der Waals surface area contributed by atoms with Gasteiger partial charge in [-0.1, -0.05) is 69.9 Å². The molecule has 0 N–H and O–H groups in total. The van der Waals surface area contributed by atoms with E-state index < -0.39 is 0 Å². The van der Waals surface area contributed by atoms with Gasteiger partial charge < -0.3 is 4.74 Å². The highest BCUT2D eigenvalue weighted by atomic mass is 16.5. The lowest BCUT2D eigenvalue weighted by molar-refractivity contribution is 0.0383. The van der Waals surface area contributed by atoms with E-state index in [4.69, 9.17) is 4.74 Å². The SMILES string of the molecule is CCCCCCCOC(CC)C(=O)c1ccccc1. The van der Waals surface area contributed by atoms with Gasteiger partial charge in [-0.15, -0.1) is 0 Å². The highest BCUT2D eigenvalue weighted by molar-refractivity contribution is 5.99. The maximum Gasteiger partial charge on any atom is 0.191 e. The zero-order valence-electron chi connectivity index (χ0n) is 12.2. The molecular weight excluding hydrogens is 236 g/mol. The van der Waals surface area contributed by atoms with E-state index in [0.29, 0.717) is 6.61 Å². The first-order chi connectivity index (χ1) is 9.29. The fraction of sp³-hybridized carbons (Fsp3) is 0.588. The van der Waals surface area contributed by atoms with Crippen LogP contribution in [-0.2, 0) is 4.74 Å². The van der Waals surface area contributed by atoms with Crippen LogP contribution in [0.25, 0.3) is 0 Å². The van der Waals surface area contributed by atoms with Crippen LogP contribution in [-0.4, -0.2) is 18.5 Å². The minimum absolute atomic E-state index is 0.108. The number of benzene rings is 1. The maximum absolute atomic E-state index is 12.2. The molecule has 0 aliphatic carbocycles. The molecule has 0 saturated carbocycles. The number of carbonyl (C=O) groups is 1. The van der Waals surface area contributed by atoms with Crippen molar-refractivity contribution in [2.45, 2.75) is 58.5 Å². The fourth-order valence-electron chi connectivity index (χ4n) is 2.10.